The third-order valence-electron chi connectivity index (χ3n) is 4.10. The predicted octanol–water partition coefficient (Wildman–Crippen LogP) is 1.57. The van der Waals surface area contributed by atoms with E-state index in [1.165, 1.54) is 6.42 Å². The van der Waals surface area contributed by atoms with Crippen LogP contribution in [0.5, 0.6) is 5.75 Å². The zero-order chi connectivity index (χ0) is 13.2. The molecule has 1 unspecified atom stereocenters. The van der Waals surface area contributed by atoms with E-state index in [2.05, 4.69) is 0 Å². The van der Waals surface area contributed by atoms with E-state index in [1.807, 2.05) is 23.1 Å². The summed E-state index contributed by atoms with van der Waals surface area (Å²) in [7, 11) is 0. The molecule has 3 rings (SSSR count). The first-order valence-electron chi connectivity index (χ1n) is 7.06. The standard InChI is InChI=1S/C15H20N2O2/c16-10-13-3-1-2-7-17(13)15(18)12-4-5-14-11(9-12)6-8-19-14/h4-5,9,13H,1-3,6-8,10,16H2. The summed E-state index contributed by atoms with van der Waals surface area (Å²) in [6.45, 7) is 2.11. The van der Waals surface area contributed by atoms with Crippen LogP contribution in [0.4, 0.5) is 0 Å². The lowest BCUT2D eigenvalue weighted by atomic mass is 10.00. The molecule has 4 nitrogen and oxygen atoms in total. The average Bonchev–Trinajstić information content (AvgIpc) is 2.93. The minimum atomic E-state index is 0.116. The Morgan fingerprint density at radius 2 is 2.32 bits per heavy atom. The quantitative estimate of drug-likeness (QED) is 0.878. The molecule has 102 valence electrons. The molecule has 1 saturated heterocycles. The molecule has 19 heavy (non-hydrogen) atoms. The topological polar surface area (TPSA) is 55.6 Å². The lowest BCUT2D eigenvalue weighted by Crippen LogP contribution is -2.47. The van der Waals surface area contributed by atoms with Gasteiger partial charge in [0.05, 0.1) is 6.61 Å². The molecular formula is C15H20N2O2. The Morgan fingerprint density at radius 3 is 3.16 bits per heavy atom. The predicted molar refractivity (Wildman–Crippen MR) is 73.4 cm³/mol. The highest BCUT2D eigenvalue weighted by Gasteiger charge is 2.27. The van der Waals surface area contributed by atoms with E-state index in [0.717, 1.165) is 49.3 Å². The van der Waals surface area contributed by atoms with Crippen LogP contribution in [0.15, 0.2) is 18.2 Å². The van der Waals surface area contributed by atoms with Gasteiger partial charge in [-0.15, -0.1) is 0 Å². The van der Waals surface area contributed by atoms with Gasteiger partial charge in [0.15, 0.2) is 0 Å². The number of fused-ring (bicyclic) bond motifs is 1. The Hall–Kier alpha value is -1.55. The highest BCUT2D eigenvalue weighted by Crippen LogP contribution is 2.27. The number of amides is 1. The highest BCUT2D eigenvalue weighted by molar-refractivity contribution is 5.95. The van der Waals surface area contributed by atoms with Gasteiger partial charge >= 0.3 is 0 Å². The van der Waals surface area contributed by atoms with Crippen molar-refractivity contribution < 1.29 is 9.53 Å². The molecular weight excluding hydrogens is 240 g/mol. The van der Waals surface area contributed by atoms with Gasteiger partial charge in [0, 0.05) is 31.1 Å². The van der Waals surface area contributed by atoms with Crippen LogP contribution in [0.3, 0.4) is 0 Å². The van der Waals surface area contributed by atoms with Gasteiger partial charge < -0.3 is 15.4 Å². The zero-order valence-corrected chi connectivity index (χ0v) is 11.1. The van der Waals surface area contributed by atoms with Crippen molar-refractivity contribution >= 4 is 5.91 Å². The number of hydrogen-bond donors (Lipinski definition) is 1. The monoisotopic (exact) mass is 260 g/mol. The van der Waals surface area contributed by atoms with Crippen molar-refractivity contribution in [2.45, 2.75) is 31.7 Å². The third kappa shape index (κ3) is 2.32. The molecule has 2 aliphatic rings. The van der Waals surface area contributed by atoms with E-state index in [9.17, 15) is 4.79 Å². The van der Waals surface area contributed by atoms with E-state index >= 15 is 0 Å². The minimum Gasteiger partial charge on any atom is -0.493 e. The SMILES string of the molecule is NCC1CCCCN1C(=O)c1ccc2c(c1)CCO2. The lowest BCUT2D eigenvalue weighted by molar-refractivity contribution is 0.0623. The summed E-state index contributed by atoms with van der Waals surface area (Å²) in [5.41, 5.74) is 7.70. The van der Waals surface area contributed by atoms with Crippen LogP contribution in [0.25, 0.3) is 0 Å². The van der Waals surface area contributed by atoms with Crippen LogP contribution in [-0.4, -0.2) is 36.5 Å². The normalized spacial score (nSPS) is 21.9. The Morgan fingerprint density at radius 1 is 1.42 bits per heavy atom. The fraction of sp³-hybridized carbons (Fsp3) is 0.533. The lowest BCUT2D eigenvalue weighted by Gasteiger charge is -2.35. The van der Waals surface area contributed by atoms with Gasteiger partial charge in [-0.2, -0.15) is 0 Å². The number of piperidine rings is 1. The van der Waals surface area contributed by atoms with E-state index < -0.39 is 0 Å². The van der Waals surface area contributed by atoms with Gasteiger partial charge in [-0.25, -0.2) is 0 Å². The van der Waals surface area contributed by atoms with Gasteiger partial charge in [0.2, 0.25) is 0 Å². The van der Waals surface area contributed by atoms with Crippen molar-refractivity contribution in [1.29, 1.82) is 0 Å². The molecule has 0 bridgehead atoms. The molecule has 2 aliphatic heterocycles. The Kier molecular flexibility index (Phi) is 3.42. The number of carbonyl (C=O) groups excluding carboxylic acids is 1. The Balaban J connectivity index is 1.82. The van der Waals surface area contributed by atoms with Crippen molar-refractivity contribution in [2.24, 2.45) is 5.73 Å². The second kappa shape index (κ2) is 5.21. The zero-order valence-electron chi connectivity index (χ0n) is 11.1. The second-order valence-electron chi connectivity index (χ2n) is 5.30. The van der Waals surface area contributed by atoms with Crippen LogP contribution < -0.4 is 10.5 Å². The summed E-state index contributed by atoms with van der Waals surface area (Å²) in [5.74, 6) is 1.04. The Bertz CT molecular complexity index is 487. The molecule has 2 heterocycles. The molecule has 0 aromatic heterocycles. The number of likely N-dealkylation sites (tertiary alicyclic amines) is 1. The fourth-order valence-electron chi connectivity index (χ4n) is 3.00. The maximum atomic E-state index is 12.6. The van der Waals surface area contributed by atoms with Gasteiger partial charge in [-0.1, -0.05) is 0 Å². The number of carbonyl (C=O) groups is 1. The van der Waals surface area contributed by atoms with Crippen molar-refractivity contribution in [3.05, 3.63) is 29.3 Å². The van der Waals surface area contributed by atoms with E-state index in [-0.39, 0.29) is 11.9 Å². The van der Waals surface area contributed by atoms with E-state index in [0.29, 0.717) is 6.54 Å². The number of rotatable bonds is 2. The first-order chi connectivity index (χ1) is 9.29. The Labute approximate surface area is 113 Å². The van der Waals surface area contributed by atoms with Crippen molar-refractivity contribution in [3.8, 4) is 5.75 Å². The third-order valence-corrected chi connectivity index (χ3v) is 4.10. The fourth-order valence-corrected chi connectivity index (χ4v) is 3.00. The number of nitrogens with two attached hydrogens (primary N) is 1. The van der Waals surface area contributed by atoms with Crippen LogP contribution >= 0.6 is 0 Å². The van der Waals surface area contributed by atoms with Gasteiger partial charge in [-0.3, -0.25) is 4.79 Å². The van der Waals surface area contributed by atoms with Crippen molar-refractivity contribution in [3.63, 3.8) is 0 Å². The van der Waals surface area contributed by atoms with E-state index in [1.54, 1.807) is 0 Å². The molecule has 0 aliphatic carbocycles. The number of hydrogen-bond acceptors (Lipinski definition) is 3. The summed E-state index contributed by atoms with van der Waals surface area (Å²) in [6, 6.07) is 5.96. The molecule has 1 atom stereocenters. The van der Waals surface area contributed by atoms with Crippen LogP contribution in [0.2, 0.25) is 0 Å². The first kappa shape index (κ1) is 12.5. The van der Waals surface area contributed by atoms with Gasteiger partial charge in [0.25, 0.3) is 5.91 Å². The molecule has 4 heteroatoms. The first-order valence-corrected chi connectivity index (χ1v) is 7.06. The van der Waals surface area contributed by atoms with Crippen LogP contribution in [0, 0.1) is 0 Å². The molecule has 1 aromatic rings. The number of nitrogens with zero attached hydrogens (tertiary/aromatic N) is 1. The summed E-state index contributed by atoms with van der Waals surface area (Å²) in [6.07, 6.45) is 4.17. The summed E-state index contributed by atoms with van der Waals surface area (Å²) in [5, 5.41) is 0. The summed E-state index contributed by atoms with van der Waals surface area (Å²) in [4.78, 5) is 14.5. The van der Waals surface area contributed by atoms with E-state index in [4.69, 9.17) is 10.5 Å². The van der Waals surface area contributed by atoms with Crippen LogP contribution in [0.1, 0.15) is 35.2 Å². The smallest absolute Gasteiger partial charge is 0.254 e. The molecule has 0 radical (unpaired) electrons. The van der Waals surface area contributed by atoms with Gasteiger partial charge in [-0.05, 0) is 43.0 Å². The van der Waals surface area contributed by atoms with Crippen LogP contribution in [-0.2, 0) is 6.42 Å². The maximum absolute atomic E-state index is 12.6. The molecule has 0 spiro atoms. The van der Waals surface area contributed by atoms with Gasteiger partial charge in [0.1, 0.15) is 5.75 Å². The summed E-state index contributed by atoms with van der Waals surface area (Å²) < 4.78 is 5.48. The molecule has 1 amide bonds. The molecule has 1 aromatic carbocycles. The number of benzene rings is 1. The maximum Gasteiger partial charge on any atom is 0.254 e. The number of ether oxygens (including phenoxy) is 1. The largest absolute Gasteiger partial charge is 0.493 e. The van der Waals surface area contributed by atoms with Crippen molar-refractivity contribution in [2.75, 3.05) is 19.7 Å². The molecule has 1 fully saturated rings. The molecule has 2 N–H and O–H groups in total. The minimum absolute atomic E-state index is 0.116. The highest BCUT2D eigenvalue weighted by atomic mass is 16.5. The molecule has 0 saturated carbocycles. The average molecular weight is 260 g/mol. The second-order valence-corrected chi connectivity index (χ2v) is 5.30. The van der Waals surface area contributed by atoms with Crippen molar-refractivity contribution in [1.82, 2.24) is 4.90 Å². The summed E-state index contributed by atoms with van der Waals surface area (Å²) >= 11 is 0.